The Hall–Kier alpha value is -2.01. The lowest BCUT2D eigenvalue weighted by Gasteiger charge is -2.22. The highest BCUT2D eigenvalue weighted by Crippen LogP contribution is 2.24. The predicted molar refractivity (Wildman–Crippen MR) is 117 cm³/mol. The largest absolute Gasteiger partial charge is 0.447 e. The molecule has 2 aromatic rings. The molecule has 0 radical (unpaired) electrons. The van der Waals surface area contributed by atoms with Crippen LogP contribution in [-0.4, -0.2) is 49.3 Å². The van der Waals surface area contributed by atoms with E-state index in [2.05, 4.69) is 88.3 Å². The van der Waals surface area contributed by atoms with Crippen LogP contribution < -0.4 is 5.32 Å². The summed E-state index contributed by atoms with van der Waals surface area (Å²) in [6.07, 6.45) is 3.62. The maximum absolute atomic E-state index is 11.1. The molecule has 1 amide bonds. The van der Waals surface area contributed by atoms with E-state index in [1.807, 2.05) is 0 Å². The Morgan fingerprint density at radius 1 is 1.25 bits per heavy atom. The van der Waals surface area contributed by atoms with Crippen molar-refractivity contribution in [1.29, 1.82) is 0 Å². The van der Waals surface area contributed by atoms with Crippen molar-refractivity contribution in [1.82, 2.24) is 15.2 Å². The summed E-state index contributed by atoms with van der Waals surface area (Å²) in [5.74, 6) is 0.799. The SMILES string of the molecule is CC(C)C(C)(C)C.CN(C)CCc1c[nH]c2ccc(C[C@H]3COC(=O)N3)cc12. The smallest absolute Gasteiger partial charge is 0.407 e. The van der Waals surface area contributed by atoms with Crippen molar-refractivity contribution in [3.05, 3.63) is 35.5 Å². The summed E-state index contributed by atoms with van der Waals surface area (Å²) in [7, 11) is 4.17. The summed E-state index contributed by atoms with van der Waals surface area (Å²) in [6.45, 7) is 12.8. The first-order chi connectivity index (χ1) is 13.1. The van der Waals surface area contributed by atoms with Crippen LogP contribution in [0.5, 0.6) is 0 Å². The van der Waals surface area contributed by atoms with E-state index >= 15 is 0 Å². The molecule has 0 saturated carbocycles. The second-order valence-corrected chi connectivity index (χ2v) is 9.41. The predicted octanol–water partition coefficient (Wildman–Crippen LogP) is 4.61. The minimum absolute atomic E-state index is 0.0825. The van der Waals surface area contributed by atoms with Crippen molar-refractivity contribution in [3.63, 3.8) is 0 Å². The molecule has 1 aromatic carbocycles. The number of benzene rings is 1. The van der Waals surface area contributed by atoms with E-state index in [4.69, 9.17) is 4.74 Å². The maximum atomic E-state index is 11.1. The zero-order chi connectivity index (χ0) is 20.9. The highest BCUT2D eigenvalue weighted by atomic mass is 16.6. The summed E-state index contributed by atoms with van der Waals surface area (Å²) in [5, 5.41) is 4.10. The number of nitrogens with one attached hydrogen (secondary N) is 2. The van der Waals surface area contributed by atoms with Gasteiger partial charge in [-0.1, -0.05) is 40.7 Å². The number of H-pyrrole nitrogens is 1. The molecule has 0 bridgehead atoms. The lowest BCUT2D eigenvalue weighted by Crippen LogP contribution is -2.28. The molecule has 28 heavy (non-hydrogen) atoms. The molecule has 1 fully saturated rings. The van der Waals surface area contributed by atoms with Crippen molar-refractivity contribution in [2.45, 2.75) is 53.5 Å². The molecule has 156 valence electrons. The number of hydrogen-bond donors (Lipinski definition) is 2. The minimum atomic E-state index is -0.311. The fraction of sp³-hybridized carbons (Fsp3) is 0.609. The third kappa shape index (κ3) is 6.55. The van der Waals surface area contributed by atoms with Crippen LogP contribution in [-0.2, 0) is 17.6 Å². The van der Waals surface area contributed by atoms with Crippen LogP contribution in [0.1, 0.15) is 45.7 Å². The molecule has 0 aliphatic carbocycles. The highest BCUT2D eigenvalue weighted by Gasteiger charge is 2.22. The lowest BCUT2D eigenvalue weighted by molar-refractivity contribution is 0.177. The summed E-state index contributed by atoms with van der Waals surface area (Å²) < 4.78 is 4.94. The van der Waals surface area contributed by atoms with Gasteiger partial charge in [-0.2, -0.15) is 0 Å². The van der Waals surface area contributed by atoms with Gasteiger partial charge in [0.2, 0.25) is 0 Å². The standard InChI is InChI=1S/C16H21N3O2.C7H16/c1-19(2)6-5-12-9-17-15-4-3-11(8-14(12)15)7-13-10-21-16(20)18-13;1-6(2)7(3,4)5/h3-4,8-9,13,17H,5-7,10H2,1-2H3,(H,18,20);6H,1-5H3/t13-;/m0./s1. The quantitative estimate of drug-likeness (QED) is 0.787. The topological polar surface area (TPSA) is 57.4 Å². The summed E-state index contributed by atoms with van der Waals surface area (Å²) in [6, 6.07) is 6.53. The first kappa shape index (κ1) is 22.3. The molecule has 0 spiro atoms. The number of fused-ring (bicyclic) bond motifs is 1. The van der Waals surface area contributed by atoms with Gasteiger partial charge in [0, 0.05) is 23.6 Å². The van der Waals surface area contributed by atoms with Crippen molar-refractivity contribution in [2.24, 2.45) is 11.3 Å². The Morgan fingerprint density at radius 3 is 2.46 bits per heavy atom. The molecule has 1 aromatic heterocycles. The Balaban J connectivity index is 0.000000345. The van der Waals surface area contributed by atoms with E-state index < -0.39 is 0 Å². The number of nitrogens with zero attached hydrogens (tertiary/aromatic N) is 1. The van der Waals surface area contributed by atoms with Crippen molar-refractivity contribution < 1.29 is 9.53 Å². The zero-order valence-corrected chi connectivity index (χ0v) is 18.6. The van der Waals surface area contributed by atoms with Gasteiger partial charge in [0.1, 0.15) is 6.61 Å². The van der Waals surface area contributed by atoms with Crippen LogP contribution in [0.25, 0.3) is 10.9 Å². The van der Waals surface area contributed by atoms with Gasteiger partial charge in [-0.15, -0.1) is 0 Å². The van der Waals surface area contributed by atoms with Gasteiger partial charge in [0.25, 0.3) is 0 Å². The molecular formula is C23H37N3O2. The Bertz CT molecular complexity index is 772. The number of rotatable bonds is 5. The van der Waals surface area contributed by atoms with Gasteiger partial charge in [0.15, 0.2) is 0 Å². The summed E-state index contributed by atoms with van der Waals surface area (Å²) in [4.78, 5) is 16.6. The second-order valence-electron chi connectivity index (χ2n) is 9.41. The average molecular weight is 388 g/mol. The van der Waals surface area contributed by atoms with E-state index in [0.29, 0.717) is 12.0 Å². The molecule has 2 N–H and O–H groups in total. The number of likely N-dealkylation sites (N-methyl/N-ethyl adjacent to an activating group) is 1. The number of cyclic esters (lactones) is 1. The highest BCUT2D eigenvalue weighted by molar-refractivity contribution is 5.84. The van der Waals surface area contributed by atoms with Crippen LogP contribution in [0.2, 0.25) is 0 Å². The first-order valence-corrected chi connectivity index (χ1v) is 10.2. The average Bonchev–Trinajstić information content (AvgIpc) is 3.18. The fourth-order valence-electron chi connectivity index (χ4n) is 2.72. The van der Waals surface area contributed by atoms with Gasteiger partial charge in [-0.3, -0.25) is 0 Å². The number of hydrogen-bond acceptors (Lipinski definition) is 3. The Kier molecular flexibility index (Phi) is 7.53. The number of aromatic nitrogens is 1. The van der Waals surface area contributed by atoms with Crippen molar-refractivity contribution in [2.75, 3.05) is 27.2 Å². The number of carbonyl (C=O) groups is 1. The molecule has 3 rings (SSSR count). The van der Waals surface area contributed by atoms with Gasteiger partial charge in [-0.05, 0) is 61.5 Å². The van der Waals surface area contributed by atoms with Crippen LogP contribution in [0.15, 0.2) is 24.4 Å². The van der Waals surface area contributed by atoms with E-state index in [1.54, 1.807) is 0 Å². The monoisotopic (exact) mass is 387 g/mol. The zero-order valence-electron chi connectivity index (χ0n) is 18.6. The van der Waals surface area contributed by atoms with Crippen LogP contribution >= 0.6 is 0 Å². The number of aromatic amines is 1. The number of alkyl carbamates (subject to hydrolysis) is 1. The molecule has 1 aliphatic rings. The van der Waals surface area contributed by atoms with E-state index in [9.17, 15) is 4.79 Å². The summed E-state index contributed by atoms with van der Waals surface area (Å²) >= 11 is 0. The minimum Gasteiger partial charge on any atom is -0.447 e. The second kappa shape index (κ2) is 9.46. The maximum Gasteiger partial charge on any atom is 0.407 e. The van der Waals surface area contributed by atoms with Gasteiger partial charge < -0.3 is 19.9 Å². The van der Waals surface area contributed by atoms with E-state index in [-0.39, 0.29) is 12.1 Å². The molecule has 1 aliphatic heterocycles. The molecule has 2 heterocycles. The van der Waals surface area contributed by atoms with Crippen molar-refractivity contribution >= 4 is 17.0 Å². The third-order valence-corrected chi connectivity index (χ3v) is 5.61. The molecule has 5 heteroatoms. The summed E-state index contributed by atoms with van der Waals surface area (Å²) in [5.41, 5.74) is 4.23. The van der Waals surface area contributed by atoms with Gasteiger partial charge in [-0.25, -0.2) is 4.79 Å². The van der Waals surface area contributed by atoms with Crippen LogP contribution in [0.3, 0.4) is 0 Å². The Morgan fingerprint density at radius 2 is 1.93 bits per heavy atom. The molecule has 5 nitrogen and oxygen atoms in total. The third-order valence-electron chi connectivity index (χ3n) is 5.61. The van der Waals surface area contributed by atoms with Crippen LogP contribution in [0, 0.1) is 11.3 Å². The van der Waals surface area contributed by atoms with Gasteiger partial charge >= 0.3 is 6.09 Å². The first-order valence-electron chi connectivity index (χ1n) is 10.2. The normalized spacial score (nSPS) is 16.9. The Labute approximate surface area is 169 Å². The molecular weight excluding hydrogens is 350 g/mol. The van der Waals surface area contributed by atoms with Gasteiger partial charge in [0.05, 0.1) is 6.04 Å². The molecule has 1 saturated heterocycles. The van der Waals surface area contributed by atoms with Crippen LogP contribution in [0.4, 0.5) is 4.79 Å². The number of ether oxygens (including phenoxy) is 1. The number of amides is 1. The van der Waals surface area contributed by atoms with E-state index in [0.717, 1.165) is 25.3 Å². The number of carbonyl (C=O) groups excluding carboxylic acids is 1. The molecule has 1 atom stereocenters. The van der Waals surface area contributed by atoms with E-state index in [1.165, 1.54) is 22.0 Å². The fourth-order valence-corrected chi connectivity index (χ4v) is 2.72. The lowest BCUT2D eigenvalue weighted by atomic mass is 9.84. The molecule has 0 unspecified atom stereocenters. The van der Waals surface area contributed by atoms with Crippen molar-refractivity contribution in [3.8, 4) is 0 Å².